The maximum Gasteiger partial charge on any atom is 0.262 e. The van der Waals surface area contributed by atoms with Crippen molar-refractivity contribution in [1.29, 1.82) is 0 Å². The van der Waals surface area contributed by atoms with Crippen LogP contribution < -0.4 is 10.9 Å². The lowest BCUT2D eigenvalue weighted by Gasteiger charge is -2.32. The second-order valence-electron chi connectivity index (χ2n) is 8.53. The minimum absolute atomic E-state index is 0.0340. The summed E-state index contributed by atoms with van der Waals surface area (Å²) in [6.07, 6.45) is 10.4. The SMILES string of the molecule is O=C(CCn1cnc2sc3c(c2c1=O)CCCC3)NC1CCN(C(=O)c2ccoc2)CC1. The molecule has 4 heterocycles. The highest BCUT2D eigenvalue weighted by atomic mass is 32.1. The van der Waals surface area contributed by atoms with Gasteiger partial charge in [-0.3, -0.25) is 19.0 Å². The summed E-state index contributed by atoms with van der Waals surface area (Å²) >= 11 is 1.63. The fourth-order valence-corrected chi connectivity index (χ4v) is 5.88. The van der Waals surface area contributed by atoms with Crippen LogP contribution in [0, 0.1) is 0 Å². The van der Waals surface area contributed by atoms with Crippen LogP contribution in [0.1, 0.15) is 52.9 Å². The Balaban J connectivity index is 1.16. The Kier molecular flexibility index (Phi) is 5.82. The standard InChI is InChI=1S/C23H26N4O4S/c28-19(25-16-5-9-26(10-6-16)22(29)15-8-12-31-13-15)7-11-27-14-24-21-20(23(27)30)17-3-1-2-4-18(17)32-21/h8,12-14,16H,1-7,9-11H2,(H,25,28). The second kappa shape index (κ2) is 8.90. The number of piperidine rings is 1. The molecule has 0 spiro atoms. The van der Waals surface area contributed by atoms with Gasteiger partial charge in [-0.1, -0.05) is 0 Å². The molecule has 1 aliphatic carbocycles. The van der Waals surface area contributed by atoms with Crippen LogP contribution in [0.3, 0.4) is 0 Å². The van der Waals surface area contributed by atoms with E-state index in [2.05, 4.69) is 10.3 Å². The van der Waals surface area contributed by atoms with Gasteiger partial charge in [-0.2, -0.15) is 0 Å². The van der Waals surface area contributed by atoms with Crippen LogP contribution in [-0.2, 0) is 24.2 Å². The Morgan fingerprint density at radius 3 is 2.81 bits per heavy atom. The minimum atomic E-state index is -0.0797. The van der Waals surface area contributed by atoms with Gasteiger partial charge >= 0.3 is 0 Å². The van der Waals surface area contributed by atoms with Crippen molar-refractivity contribution in [2.24, 2.45) is 0 Å². The van der Waals surface area contributed by atoms with E-state index in [1.807, 2.05) is 0 Å². The molecule has 0 radical (unpaired) electrons. The van der Waals surface area contributed by atoms with Crippen molar-refractivity contribution >= 4 is 33.4 Å². The number of aromatic nitrogens is 2. The number of nitrogens with zero attached hydrogens (tertiary/aromatic N) is 3. The first-order valence-corrected chi connectivity index (χ1v) is 12.0. The van der Waals surface area contributed by atoms with E-state index in [1.165, 1.54) is 29.4 Å². The summed E-state index contributed by atoms with van der Waals surface area (Å²) in [6, 6.07) is 1.70. The number of hydrogen-bond acceptors (Lipinski definition) is 6. The van der Waals surface area contributed by atoms with Crippen LogP contribution >= 0.6 is 11.3 Å². The van der Waals surface area contributed by atoms with Gasteiger partial charge in [0, 0.05) is 37.0 Å². The highest BCUT2D eigenvalue weighted by Crippen LogP contribution is 2.33. The molecule has 2 aliphatic rings. The molecule has 1 aliphatic heterocycles. The van der Waals surface area contributed by atoms with Gasteiger partial charge in [-0.05, 0) is 50.2 Å². The molecule has 1 saturated heterocycles. The zero-order valence-electron chi connectivity index (χ0n) is 17.8. The Bertz CT molecular complexity index is 1190. The lowest BCUT2D eigenvalue weighted by molar-refractivity contribution is -0.122. The summed E-state index contributed by atoms with van der Waals surface area (Å²) in [5.74, 6) is -0.120. The van der Waals surface area contributed by atoms with Gasteiger partial charge in [-0.25, -0.2) is 4.98 Å². The van der Waals surface area contributed by atoms with Crippen molar-refractivity contribution < 1.29 is 14.0 Å². The minimum Gasteiger partial charge on any atom is -0.472 e. The number of thiophene rings is 1. The summed E-state index contributed by atoms with van der Waals surface area (Å²) in [6.45, 7) is 1.51. The van der Waals surface area contributed by atoms with Crippen LogP contribution in [0.15, 0.2) is 34.1 Å². The molecule has 0 atom stereocenters. The van der Waals surface area contributed by atoms with Gasteiger partial charge in [-0.15, -0.1) is 11.3 Å². The lowest BCUT2D eigenvalue weighted by Crippen LogP contribution is -2.46. The summed E-state index contributed by atoms with van der Waals surface area (Å²) in [5, 5.41) is 3.81. The van der Waals surface area contributed by atoms with Gasteiger partial charge in [0.15, 0.2) is 0 Å². The molecule has 9 heteroatoms. The van der Waals surface area contributed by atoms with Crippen molar-refractivity contribution in [2.75, 3.05) is 13.1 Å². The maximum atomic E-state index is 13.0. The van der Waals surface area contributed by atoms with Crippen molar-refractivity contribution in [3.05, 3.63) is 51.3 Å². The highest BCUT2D eigenvalue weighted by molar-refractivity contribution is 7.18. The Labute approximate surface area is 189 Å². The monoisotopic (exact) mass is 454 g/mol. The van der Waals surface area contributed by atoms with Crippen molar-refractivity contribution in [2.45, 2.75) is 57.5 Å². The first kappa shape index (κ1) is 20.9. The Morgan fingerprint density at radius 2 is 2.03 bits per heavy atom. The third kappa shape index (κ3) is 4.09. The number of likely N-dealkylation sites (tertiary alicyclic amines) is 1. The summed E-state index contributed by atoms with van der Waals surface area (Å²) in [5.41, 5.74) is 1.69. The number of hydrogen-bond donors (Lipinski definition) is 1. The van der Waals surface area contributed by atoms with Crippen LogP contribution in [0.5, 0.6) is 0 Å². The van der Waals surface area contributed by atoms with Crippen LogP contribution in [0.2, 0.25) is 0 Å². The molecule has 1 fully saturated rings. The molecule has 0 bridgehead atoms. The molecule has 8 nitrogen and oxygen atoms in total. The fourth-order valence-electron chi connectivity index (χ4n) is 4.66. The average molecular weight is 455 g/mol. The molecule has 32 heavy (non-hydrogen) atoms. The first-order chi connectivity index (χ1) is 15.6. The second-order valence-corrected chi connectivity index (χ2v) is 9.61. The Morgan fingerprint density at radius 1 is 1.22 bits per heavy atom. The fraction of sp³-hybridized carbons (Fsp3) is 0.478. The number of furan rings is 1. The van der Waals surface area contributed by atoms with E-state index in [4.69, 9.17) is 4.42 Å². The van der Waals surface area contributed by atoms with Crippen LogP contribution in [0.4, 0.5) is 0 Å². The maximum absolute atomic E-state index is 13.0. The predicted octanol–water partition coefficient (Wildman–Crippen LogP) is 2.74. The average Bonchev–Trinajstić information content (AvgIpc) is 3.47. The summed E-state index contributed by atoms with van der Waals surface area (Å²) in [7, 11) is 0. The number of fused-ring (bicyclic) bond motifs is 3. The number of carbonyl (C=O) groups excluding carboxylic acids is 2. The van der Waals surface area contributed by atoms with E-state index in [0.717, 1.165) is 29.5 Å². The van der Waals surface area contributed by atoms with E-state index in [0.29, 0.717) is 38.0 Å². The number of nitrogens with one attached hydrogen (secondary N) is 1. The van der Waals surface area contributed by atoms with Crippen molar-refractivity contribution in [1.82, 2.24) is 19.8 Å². The number of carbonyl (C=O) groups is 2. The molecular weight excluding hydrogens is 428 g/mol. The molecule has 2 amide bonds. The van der Waals surface area contributed by atoms with E-state index < -0.39 is 0 Å². The molecule has 0 aromatic carbocycles. The van der Waals surface area contributed by atoms with Gasteiger partial charge in [0.25, 0.3) is 11.5 Å². The zero-order valence-corrected chi connectivity index (χ0v) is 18.7. The van der Waals surface area contributed by atoms with Crippen molar-refractivity contribution in [3.8, 4) is 0 Å². The molecule has 3 aromatic heterocycles. The van der Waals surface area contributed by atoms with Gasteiger partial charge in [0.05, 0.1) is 23.5 Å². The van der Waals surface area contributed by atoms with Gasteiger partial charge < -0.3 is 14.6 Å². The molecular formula is C23H26N4O4S. The highest BCUT2D eigenvalue weighted by Gasteiger charge is 2.25. The number of rotatable bonds is 5. The van der Waals surface area contributed by atoms with Crippen molar-refractivity contribution in [3.63, 3.8) is 0 Å². The lowest BCUT2D eigenvalue weighted by atomic mass is 9.97. The smallest absolute Gasteiger partial charge is 0.262 e. The molecule has 1 N–H and O–H groups in total. The van der Waals surface area contributed by atoms with E-state index in [-0.39, 0.29) is 29.8 Å². The summed E-state index contributed by atoms with van der Waals surface area (Å²) in [4.78, 5) is 46.3. The van der Waals surface area contributed by atoms with E-state index in [9.17, 15) is 14.4 Å². The molecule has 0 saturated carbocycles. The topological polar surface area (TPSA) is 97.4 Å². The molecule has 0 unspecified atom stereocenters. The molecule has 3 aromatic rings. The third-order valence-electron chi connectivity index (χ3n) is 6.44. The zero-order chi connectivity index (χ0) is 22.1. The predicted molar refractivity (Wildman–Crippen MR) is 121 cm³/mol. The van der Waals surface area contributed by atoms with Gasteiger partial charge in [0.1, 0.15) is 11.1 Å². The van der Waals surface area contributed by atoms with Crippen LogP contribution in [0.25, 0.3) is 10.2 Å². The molecule has 5 rings (SSSR count). The number of amides is 2. The summed E-state index contributed by atoms with van der Waals surface area (Å²) < 4.78 is 6.55. The quantitative estimate of drug-likeness (QED) is 0.639. The Hall–Kier alpha value is -2.94. The van der Waals surface area contributed by atoms with E-state index in [1.54, 1.807) is 33.2 Å². The molecule has 168 valence electrons. The van der Waals surface area contributed by atoms with E-state index >= 15 is 0 Å². The van der Waals surface area contributed by atoms with Gasteiger partial charge in [0.2, 0.25) is 5.91 Å². The first-order valence-electron chi connectivity index (χ1n) is 11.2. The normalized spacial score (nSPS) is 16.8. The third-order valence-corrected chi connectivity index (χ3v) is 7.64. The largest absolute Gasteiger partial charge is 0.472 e. The van der Waals surface area contributed by atoms with Crippen LogP contribution in [-0.4, -0.2) is 45.4 Å². The number of aryl methyl sites for hydroxylation is 3.